The number of piperazine rings is 1. The maximum atomic E-state index is 4.71. The lowest BCUT2D eigenvalue weighted by atomic mass is 10.1. The van der Waals surface area contributed by atoms with Gasteiger partial charge in [-0.1, -0.05) is 31.7 Å². The molecule has 0 spiro atoms. The fourth-order valence-electron chi connectivity index (χ4n) is 4.13. The molecule has 0 aromatic carbocycles. The minimum atomic E-state index is 0.552. The van der Waals surface area contributed by atoms with Crippen LogP contribution in [0.5, 0.6) is 0 Å². The van der Waals surface area contributed by atoms with Crippen LogP contribution in [0.25, 0.3) is 0 Å². The molecule has 3 heterocycles. The molecule has 1 saturated carbocycles. The maximum absolute atomic E-state index is 4.71. The van der Waals surface area contributed by atoms with Crippen molar-refractivity contribution in [1.82, 2.24) is 15.0 Å². The van der Waals surface area contributed by atoms with E-state index >= 15 is 0 Å². The molecule has 0 radical (unpaired) electrons. The monoisotopic (exact) mass is 366 g/mol. The highest BCUT2D eigenvalue weighted by atomic mass is 15.3. The Morgan fingerprint density at radius 2 is 1.59 bits per heavy atom. The first-order chi connectivity index (χ1) is 13.3. The Morgan fingerprint density at radius 1 is 0.889 bits per heavy atom. The summed E-state index contributed by atoms with van der Waals surface area (Å²) >= 11 is 0. The van der Waals surface area contributed by atoms with Crippen molar-refractivity contribution in [2.45, 2.75) is 51.5 Å². The van der Waals surface area contributed by atoms with E-state index < -0.39 is 0 Å². The lowest BCUT2D eigenvalue weighted by Crippen LogP contribution is -2.47. The lowest BCUT2D eigenvalue weighted by Gasteiger charge is -2.36. The van der Waals surface area contributed by atoms with Crippen molar-refractivity contribution >= 4 is 17.5 Å². The predicted molar refractivity (Wildman–Crippen MR) is 111 cm³/mol. The average Bonchev–Trinajstić information content (AvgIpc) is 2.97. The molecule has 1 aliphatic carbocycles. The van der Waals surface area contributed by atoms with Crippen LogP contribution in [0.1, 0.15) is 44.3 Å². The molecule has 1 saturated heterocycles. The molecule has 4 rings (SSSR count). The van der Waals surface area contributed by atoms with E-state index in [2.05, 4.69) is 37.2 Å². The number of hydrogen-bond acceptors (Lipinski definition) is 6. The molecule has 2 fully saturated rings. The van der Waals surface area contributed by atoms with Crippen molar-refractivity contribution in [2.24, 2.45) is 0 Å². The first-order valence-electron chi connectivity index (χ1n) is 10.3. The minimum Gasteiger partial charge on any atom is -0.367 e. The average molecular weight is 367 g/mol. The van der Waals surface area contributed by atoms with Crippen LogP contribution in [0.4, 0.5) is 17.5 Å². The Labute approximate surface area is 162 Å². The van der Waals surface area contributed by atoms with E-state index in [1.165, 1.54) is 38.5 Å². The highest BCUT2D eigenvalue weighted by Gasteiger charge is 2.20. The van der Waals surface area contributed by atoms with Crippen molar-refractivity contribution in [1.29, 1.82) is 0 Å². The van der Waals surface area contributed by atoms with E-state index in [0.29, 0.717) is 6.04 Å². The molecular formula is C21H30N6. The standard InChI is InChI=1S/C21H30N6/c1-17-23-19(25-18-8-4-2-3-5-9-18)16-21(24-17)27-14-12-26(13-15-27)20-10-6-7-11-22-20/h6-7,10-11,16,18H,2-5,8-9,12-15H2,1H3,(H,23,24,25). The summed E-state index contributed by atoms with van der Waals surface area (Å²) in [5, 5.41) is 3.68. The zero-order valence-electron chi connectivity index (χ0n) is 16.3. The first-order valence-corrected chi connectivity index (χ1v) is 10.3. The summed E-state index contributed by atoms with van der Waals surface area (Å²) in [6.07, 6.45) is 9.75. The van der Waals surface area contributed by atoms with E-state index in [1.54, 1.807) is 0 Å². The van der Waals surface area contributed by atoms with Gasteiger partial charge in [0.2, 0.25) is 0 Å². The van der Waals surface area contributed by atoms with Crippen LogP contribution in [0.3, 0.4) is 0 Å². The van der Waals surface area contributed by atoms with E-state index in [-0.39, 0.29) is 0 Å². The predicted octanol–water partition coefficient (Wildman–Crippen LogP) is 3.64. The molecular weight excluding hydrogens is 336 g/mol. The van der Waals surface area contributed by atoms with Gasteiger partial charge in [-0.15, -0.1) is 0 Å². The van der Waals surface area contributed by atoms with Crippen molar-refractivity contribution in [3.63, 3.8) is 0 Å². The number of anilines is 3. The number of nitrogens with zero attached hydrogens (tertiary/aromatic N) is 5. The van der Waals surface area contributed by atoms with Gasteiger partial charge < -0.3 is 15.1 Å². The highest BCUT2D eigenvalue weighted by Crippen LogP contribution is 2.23. The molecule has 2 aromatic rings. The van der Waals surface area contributed by atoms with Crippen LogP contribution >= 0.6 is 0 Å². The van der Waals surface area contributed by atoms with Crippen LogP contribution in [-0.4, -0.2) is 47.2 Å². The molecule has 2 aromatic heterocycles. The van der Waals surface area contributed by atoms with Gasteiger partial charge in [0, 0.05) is 44.5 Å². The zero-order valence-corrected chi connectivity index (χ0v) is 16.3. The summed E-state index contributed by atoms with van der Waals surface area (Å²) in [4.78, 5) is 18.5. The van der Waals surface area contributed by atoms with Gasteiger partial charge in [0.25, 0.3) is 0 Å². The second-order valence-electron chi connectivity index (χ2n) is 7.65. The second-order valence-corrected chi connectivity index (χ2v) is 7.65. The fraction of sp³-hybridized carbons (Fsp3) is 0.571. The summed E-state index contributed by atoms with van der Waals surface area (Å²) in [6, 6.07) is 8.78. The maximum Gasteiger partial charge on any atom is 0.134 e. The lowest BCUT2D eigenvalue weighted by molar-refractivity contribution is 0.616. The van der Waals surface area contributed by atoms with E-state index in [1.807, 2.05) is 25.3 Å². The normalized spacial score (nSPS) is 19.0. The third kappa shape index (κ3) is 4.67. The molecule has 0 atom stereocenters. The molecule has 144 valence electrons. The largest absolute Gasteiger partial charge is 0.367 e. The van der Waals surface area contributed by atoms with Crippen molar-refractivity contribution in [3.05, 3.63) is 36.3 Å². The first kappa shape index (κ1) is 18.0. The SMILES string of the molecule is Cc1nc(NC2CCCCCC2)cc(N2CCN(c3ccccn3)CC2)n1. The van der Waals surface area contributed by atoms with Crippen LogP contribution < -0.4 is 15.1 Å². The Bertz CT molecular complexity index is 719. The number of aryl methyl sites for hydroxylation is 1. The molecule has 6 heteroatoms. The van der Waals surface area contributed by atoms with Gasteiger partial charge in [-0.3, -0.25) is 0 Å². The van der Waals surface area contributed by atoms with Crippen molar-refractivity contribution in [3.8, 4) is 0 Å². The van der Waals surface area contributed by atoms with Crippen molar-refractivity contribution in [2.75, 3.05) is 41.3 Å². The van der Waals surface area contributed by atoms with Gasteiger partial charge in [0.05, 0.1) is 0 Å². The molecule has 0 amide bonds. The van der Waals surface area contributed by atoms with Crippen LogP contribution in [-0.2, 0) is 0 Å². The Balaban J connectivity index is 1.41. The quantitative estimate of drug-likeness (QED) is 0.834. The molecule has 0 unspecified atom stereocenters. The Morgan fingerprint density at radius 3 is 2.26 bits per heavy atom. The van der Waals surface area contributed by atoms with E-state index in [9.17, 15) is 0 Å². The van der Waals surface area contributed by atoms with Gasteiger partial charge in [-0.05, 0) is 31.9 Å². The van der Waals surface area contributed by atoms with Gasteiger partial charge in [-0.25, -0.2) is 15.0 Å². The van der Waals surface area contributed by atoms with E-state index in [0.717, 1.165) is 49.5 Å². The van der Waals surface area contributed by atoms with Gasteiger partial charge in [0.1, 0.15) is 23.3 Å². The molecule has 2 aliphatic rings. The second kappa shape index (κ2) is 8.55. The molecule has 6 nitrogen and oxygen atoms in total. The number of aromatic nitrogens is 3. The summed E-state index contributed by atoms with van der Waals surface area (Å²) in [7, 11) is 0. The Kier molecular flexibility index (Phi) is 5.70. The third-order valence-electron chi connectivity index (χ3n) is 5.61. The fourth-order valence-corrected chi connectivity index (χ4v) is 4.13. The number of pyridine rings is 1. The highest BCUT2D eigenvalue weighted by molar-refractivity contribution is 5.51. The Hall–Kier alpha value is -2.37. The van der Waals surface area contributed by atoms with Crippen LogP contribution in [0, 0.1) is 6.92 Å². The van der Waals surface area contributed by atoms with Crippen molar-refractivity contribution < 1.29 is 0 Å². The number of nitrogens with one attached hydrogen (secondary N) is 1. The van der Waals surface area contributed by atoms with Crippen LogP contribution in [0.15, 0.2) is 30.5 Å². The van der Waals surface area contributed by atoms with Gasteiger partial charge in [0.15, 0.2) is 0 Å². The van der Waals surface area contributed by atoms with Gasteiger partial charge >= 0.3 is 0 Å². The number of rotatable bonds is 4. The molecule has 27 heavy (non-hydrogen) atoms. The van der Waals surface area contributed by atoms with Gasteiger partial charge in [-0.2, -0.15) is 0 Å². The summed E-state index contributed by atoms with van der Waals surface area (Å²) in [6.45, 7) is 5.83. The third-order valence-corrected chi connectivity index (χ3v) is 5.61. The molecule has 0 bridgehead atoms. The van der Waals surface area contributed by atoms with Crippen LogP contribution in [0.2, 0.25) is 0 Å². The topological polar surface area (TPSA) is 57.2 Å². The summed E-state index contributed by atoms with van der Waals surface area (Å²) in [5.41, 5.74) is 0. The summed E-state index contributed by atoms with van der Waals surface area (Å²) < 4.78 is 0. The van der Waals surface area contributed by atoms with E-state index in [4.69, 9.17) is 4.98 Å². The molecule has 1 N–H and O–H groups in total. The number of hydrogen-bond donors (Lipinski definition) is 1. The smallest absolute Gasteiger partial charge is 0.134 e. The minimum absolute atomic E-state index is 0.552. The molecule has 1 aliphatic heterocycles. The zero-order chi connectivity index (χ0) is 18.5. The summed E-state index contributed by atoms with van der Waals surface area (Å²) in [5.74, 6) is 3.93.